The highest BCUT2D eigenvalue weighted by Crippen LogP contribution is 2.31. The van der Waals surface area contributed by atoms with Crippen molar-refractivity contribution in [2.24, 2.45) is 11.7 Å². The predicted molar refractivity (Wildman–Crippen MR) is 133 cm³/mol. The van der Waals surface area contributed by atoms with Gasteiger partial charge >= 0.3 is 0 Å². The van der Waals surface area contributed by atoms with Crippen LogP contribution in [0.4, 0.5) is 5.69 Å². The van der Waals surface area contributed by atoms with Gasteiger partial charge in [-0.25, -0.2) is 8.42 Å². The lowest BCUT2D eigenvalue weighted by Gasteiger charge is -2.37. The van der Waals surface area contributed by atoms with Crippen LogP contribution in [0.2, 0.25) is 0 Å². The molecule has 1 fully saturated rings. The van der Waals surface area contributed by atoms with Gasteiger partial charge in [0.25, 0.3) is 0 Å². The molecule has 1 aliphatic heterocycles. The van der Waals surface area contributed by atoms with Crippen LogP contribution in [0.15, 0.2) is 54.6 Å². The van der Waals surface area contributed by atoms with E-state index in [0.29, 0.717) is 11.6 Å². The van der Waals surface area contributed by atoms with E-state index in [1.807, 2.05) is 30.3 Å². The summed E-state index contributed by atoms with van der Waals surface area (Å²) >= 11 is 0. The monoisotopic (exact) mass is 458 g/mol. The van der Waals surface area contributed by atoms with E-state index in [-0.39, 0.29) is 5.54 Å². The topological polar surface area (TPSA) is 78.7 Å². The van der Waals surface area contributed by atoms with Crippen molar-refractivity contribution in [3.05, 3.63) is 65.7 Å². The Bertz CT molecular complexity index is 957. The summed E-state index contributed by atoms with van der Waals surface area (Å²) in [6, 6.07) is 18.1. The first kappa shape index (κ1) is 24.7. The maximum absolute atomic E-state index is 11.7. The number of hydrogen-bond acceptors (Lipinski definition) is 5. The smallest absolute Gasteiger partial charge is 0.229 e. The van der Waals surface area contributed by atoms with Crippen molar-refractivity contribution in [3.8, 4) is 0 Å². The molecule has 0 radical (unpaired) electrons. The Balaban J connectivity index is 1.49. The summed E-state index contributed by atoms with van der Waals surface area (Å²) in [7, 11) is -3.29. The lowest BCUT2D eigenvalue weighted by atomic mass is 9.77. The highest BCUT2D eigenvalue weighted by Gasteiger charge is 2.30. The number of hydrogen-bond donors (Lipinski definition) is 2. The summed E-state index contributed by atoms with van der Waals surface area (Å²) in [5.74, 6) is 0.377. The van der Waals surface area contributed by atoms with Gasteiger partial charge in [0.15, 0.2) is 0 Å². The van der Waals surface area contributed by atoms with E-state index in [1.165, 1.54) is 11.8 Å². The van der Waals surface area contributed by atoms with E-state index in [0.717, 1.165) is 57.7 Å². The summed E-state index contributed by atoms with van der Waals surface area (Å²) in [6.07, 6.45) is 3.24. The summed E-state index contributed by atoms with van der Waals surface area (Å²) in [5.41, 5.74) is 9.48. The molecule has 2 aromatic rings. The standard InChI is InChI=1S/C25H38N4O2S/c1-21(2)25(26,23-11-5-4-6-12-23)14-9-15-28-16-18-29(19-17-28)20-22-10-7-8-13-24(22)27-32(3,30)31/h4-8,10-13,21,27H,9,14-20,26H2,1-3H3. The third kappa shape index (κ3) is 6.78. The normalized spacial score (nSPS) is 17.9. The summed E-state index contributed by atoms with van der Waals surface area (Å²) in [4.78, 5) is 4.91. The first-order chi connectivity index (χ1) is 15.2. The summed E-state index contributed by atoms with van der Waals surface area (Å²) in [6.45, 7) is 10.2. The predicted octanol–water partition coefficient (Wildman–Crippen LogP) is 3.47. The van der Waals surface area contributed by atoms with Crippen LogP contribution in [-0.4, -0.2) is 57.2 Å². The summed E-state index contributed by atoms with van der Waals surface area (Å²) < 4.78 is 25.9. The number of nitrogens with zero attached hydrogens (tertiary/aromatic N) is 2. The molecule has 0 amide bonds. The minimum Gasteiger partial charge on any atom is -0.321 e. The SMILES string of the molecule is CC(C)C(N)(CCCN1CCN(Cc2ccccc2NS(C)(=O)=O)CC1)c1ccccc1. The maximum Gasteiger partial charge on any atom is 0.229 e. The molecule has 0 spiro atoms. The molecular formula is C25H38N4O2S. The van der Waals surface area contributed by atoms with Crippen molar-refractivity contribution < 1.29 is 8.42 Å². The van der Waals surface area contributed by atoms with Crippen LogP contribution in [0.3, 0.4) is 0 Å². The van der Waals surface area contributed by atoms with Crippen LogP contribution in [-0.2, 0) is 22.1 Å². The van der Waals surface area contributed by atoms with E-state index in [1.54, 1.807) is 0 Å². The van der Waals surface area contributed by atoms with Gasteiger partial charge in [0.2, 0.25) is 10.0 Å². The first-order valence-electron chi connectivity index (χ1n) is 11.5. The maximum atomic E-state index is 11.7. The Hall–Kier alpha value is -1.93. The van der Waals surface area contributed by atoms with Crippen molar-refractivity contribution in [1.82, 2.24) is 9.80 Å². The van der Waals surface area contributed by atoms with Crippen molar-refractivity contribution >= 4 is 15.7 Å². The number of sulfonamides is 1. The number of anilines is 1. The molecule has 0 saturated carbocycles. The molecule has 32 heavy (non-hydrogen) atoms. The van der Waals surface area contributed by atoms with Gasteiger partial charge in [0, 0.05) is 38.3 Å². The molecule has 3 rings (SSSR count). The van der Waals surface area contributed by atoms with Gasteiger partial charge in [0.1, 0.15) is 0 Å². The molecule has 2 aromatic carbocycles. The van der Waals surface area contributed by atoms with Gasteiger partial charge in [-0.3, -0.25) is 9.62 Å². The van der Waals surface area contributed by atoms with Gasteiger partial charge < -0.3 is 10.6 Å². The molecule has 0 aliphatic carbocycles. The molecule has 3 N–H and O–H groups in total. The van der Waals surface area contributed by atoms with Crippen molar-refractivity contribution in [2.45, 2.75) is 38.8 Å². The van der Waals surface area contributed by atoms with Crippen LogP contribution < -0.4 is 10.5 Å². The molecule has 176 valence electrons. The van der Waals surface area contributed by atoms with Gasteiger partial charge in [-0.05, 0) is 42.5 Å². The molecule has 1 unspecified atom stereocenters. The fourth-order valence-corrected chi connectivity index (χ4v) is 5.08. The molecule has 1 saturated heterocycles. The third-order valence-electron chi connectivity index (χ3n) is 6.58. The second-order valence-corrected chi connectivity index (χ2v) is 11.1. The minimum absolute atomic E-state index is 0.292. The number of para-hydroxylation sites is 1. The molecule has 6 nitrogen and oxygen atoms in total. The quantitative estimate of drug-likeness (QED) is 0.570. The average molecular weight is 459 g/mol. The van der Waals surface area contributed by atoms with E-state index < -0.39 is 10.0 Å². The Morgan fingerprint density at radius 2 is 1.56 bits per heavy atom. The fraction of sp³-hybridized carbons (Fsp3) is 0.520. The second kappa shape index (κ2) is 10.8. The molecule has 1 atom stereocenters. The molecule has 0 bridgehead atoms. The second-order valence-electron chi connectivity index (χ2n) is 9.31. The van der Waals surface area contributed by atoms with E-state index >= 15 is 0 Å². The lowest BCUT2D eigenvalue weighted by Crippen LogP contribution is -2.47. The van der Waals surface area contributed by atoms with Crippen molar-refractivity contribution in [2.75, 3.05) is 43.7 Å². The third-order valence-corrected chi connectivity index (χ3v) is 7.17. The van der Waals surface area contributed by atoms with Crippen molar-refractivity contribution in [3.63, 3.8) is 0 Å². The molecular weight excluding hydrogens is 420 g/mol. The number of benzene rings is 2. The van der Waals surface area contributed by atoms with Crippen LogP contribution in [0.25, 0.3) is 0 Å². The Morgan fingerprint density at radius 1 is 0.969 bits per heavy atom. The molecule has 7 heteroatoms. The zero-order valence-electron chi connectivity index (χ0n) is 19.6. The molecule has 1 heterocycles. The van der Waals surface area contributed by atoms with Crippen LogP contribution in [0.1, 0.15) is 37.8 Å². The van der Waals surface area contributed by atoms with Gasteiger partial charge in [0.05, 0.1) is 11.9 Å². The lowest BCUT2D eigenvalue weighted by molar-refractivity contribution is 0.122. The van der Waals surface area contributed by atoms with Crippen LogP contribution in [0, 0.1) is 5.92 Å². The van der Waals surface area contributed by atoms with Crippen LogP contribution in [0.5, 0.6) is 0 Å². The number of rotatable bonds is 10. The van der Waals surface area contributed by atoms with Crippen LogP contribution >= 0.6 is 0 Å². The van der Waals surface area contributed by atoms with Gasteiger partial charge in [-0.2, -0.15) is 0 Å². The molecule has 1 aliphatic rings. The fourth-order valence-electron chi connectivity index (χ4n) is 4.48. The minimum atomic E-state index is -3.29. The highest BCUT2D eigenvalue weighted by molar-refractivity contribution is 7.92. The first-order valence-corrected chi connectivity index (χ1v) is 13.4. The van der Waals surface area contributed by atoms with E-state index in [9.17, 15) is 8.42 Å². The van der Waals surface area contributed by atoms with E-state index in [4.69, 9.17) is 5.73 Å². The molecule has 0 aromatic heterocycles. The van der Waals surface area contributed by atoms with Gasteiger partial charge in [-0.1, -0.05) is 62.4 Å². The largest absolute Gasteiger partial charge is 0.321 e. The summed E-state index contributed by atoms with van der Waals surface area (Å²) in [5, 5.41) is 0. The highest BCUT2D eigenvalue weighted by atomic mass is 32.2. The Labute approximate surface area is 193 Å². The number of nitrogens with two attached hydrogens (primary N) is 1. The van der Waals surface area contributed by atoms with Gasteiger partial charge in [-0.15, -0.1) is 0 Å². The average Bonchev–Trinajstić information content (AvgIpc) is 2.75. The Morgan fingerprint density at radius 3 is 2.19 bits per heavy atom. The Kier molecular flexibility index (Phi) is 8.33. The van der Waals surface area contributed by atoms with E-state index in [2.05, 4.69) is 52.6 Å². The number of piperazine rings is 1. The zero-order chi connectivity index (χ0) is 23.2. The zero-order valence-corrected chi connectivity index (χ0v) is 20.4. The van der Waals surface area contributed by atoms with Crippen molar-refractivity contribution in [1.29, 1.82) is 0 Å². The number of nitrogens with one attached hydrogen (secondary N) is 1.